The Labute approximate surface area is 157 Å². The first-order valence-electron chi connectivity index (χ1n) is 7.89. The number of hydrogen-bond donors (Lipinski definition) is 1. The van der Waals surface area contributed by atoms with Crippen molar-refractivity contribution in [3.05, 3.63) is 70.2 Å². The smallest absolute Gasteiger partial charge is 0.220 e. The molecule has 6 heteroatoms. The number of halogens is 2. The molecule has 0 aliphatic rings. The van der Waals surface area contributed by atoms with E-state index in [0.29, 0.717) is 21.5 Å². The molecule has 1 aromatic heterocycles. The summed E-state index contributed by atoms with van der Waals surface area (Å²) < 4.78 is 10.8. The molecule has 0 amide bonds. The van der Waals surface area contributed by atoms with E-state index in [-0.39, 0.29) is 19.1 Å². The molecule has 3 rings (SSSR count). The van der Waals surface area contributed by atoms with Crippen molar-refractivity contribution in [3.63, 3.8) is 0 Å². The van der Waals surface area contributed by atoms with E-state index in [2.05, 4.69) is 4.98 Å². The lowest BCUT2D eigenvalue weighted by Crippen LogP contribution is -1.97. The van der Waals surface area contributed by atoms with Gasteiger partial charge in [-0.15, -0.1) is 0 Å². The zero-order chi connectivity index (χ0) is 18.2. The highest BCUT2D eigenvalue weighted by atomic mass is 35.5. The lowest BCUT2D eigenvalue weighted by atomic mass is 10.1. The fourth-order valence-electron chi connectivity index (χ4n) is 2.06. The van der Waals surface area contributed by atoms with Crippen LogP contribution in [-0.2, 0) is 13.2 Å². The van der Waals surface area contributed by atoms with Gasteiger partial charge in [-0.1, -0.05) is 43.1 Å². The second kappa shape index (κ2) is 9.47. The predicted octanol–water partition coefficient (Wildman–Crippen LogP) is 5.75. The summed E-state index contributed by atoms with van der Waals surface area (Å²) in [6, 6.07) is 12.7. The molecule has 0 radical (unpaired) electrons. The first kappa shape index (κ1) is 19.3. The fourth-order valence-corrected chi connectivity index (χ4v) is 2.57. The van der Waals surface area contributed by atoms with E-state index in [4.69, 9.17) is 37.5 Å². The molecule has 0 bridgehead atoms. The molecule has 0 aliphatic carbocycles. The molecule has 132 valence electrons. The van der Waals surface area contributed by atoms with Crippen molar-refractivity contribution >= 4 is 23.2 Å². The third-order valence-electron chi connectivity index (χ3n) is 3.28. The Morgan fingerprint density at radius 2 is 1.68 bits per heavy atom. The molecule has 2 aromatic carbocycles. The zero-order valence-corrected chi connectivity index (χ0v) is 15.5. The van der Waals surface area contributed by atoms with Crippen LogP contribution in [0.5, 0.6) is 5.75 Å². The summed E-state index contributed by atoms with van der Waals surface area (Å²) in [7, 11) is 0. The first-order valence-corrected chi connectivity index (χ1v) is 8.64. The van der Waals surface area contributed by atoms with E-state index in [9.17, 15) is 0 Å². The Balaban J connectivity index is 0.00000109. The van der Waals surface area contributed by atoms with Gasteiger partial charge in [-0.25, -0.2) is 4.98 Å². The van der Waals surface area contributed by atoms with Crippen molar-refractivity contribution in [1.29, 1.82) is 0 Å². The van der Waals surface area contributed by atoms with Crippen LogP contribution >= 0.6 is 23.2 Å². The maximum absolute atomic E-state index is 8.97. The van der Waals surface area contributed by atoms with Gasteiger partial charge in [-0.3, -0.25) is 0 Å². The number of aromatic nitrogens is 1. The Bertz CT molecular complexity index is 780. The van der Waals surface area contributed by atoms with Crippen molar-refractivity contribution in [2.24, 2.45) is 0 Å². The van der Waals surface area contributed by atoms with Crippen LogP contribution in [0.2, 0.25) is 10.0 Å². The summed E-state index contributed by atoms with van der Waals surface area (Å²) in [4.78, 5) is 4.15. The summed E-state index contributed by atoms with van der Waals surface area (Å²) in [6.45, 7) is 4.07. The van der Waals surface area contributed by atoms with Gasteiger partial charge >= 0.3 is 0 Å². The summed E-state index contributed by atoms with van der Waals surface area (Å²) in [5.41, 5.74) is 2.29. The largest absolute Gasteiger partial charge is 0.489 e. The number of oxazole rings is 1. The van der Waals surface area contributed by atoms with Gasteiger partial charge in [-0.2, -0.15) is 0 Å². The topological polar surface area (TPSA) is 55.5 Å². The van der Waals surface area contributed by atoms with Crippen molar-refractivity contribution in [2.75, 3.05) is 0 Å². The van der Waals surface area contributed by atoms with Crippen LogP contribution in [0.25, 0.3) is 11.3 Å². The molecular weight excluding hydrogens is 361 g/mol. The van der Waals surface area contributed by atoms with E-state index < -0.39 is 0 Å². The summed E-state index contributed by atoms with van der Waals surface area (Å²) >= 11 is 12.2. The summed E-state index contributed by atoms with van der Waals surface area (Å²) in [5.74, 6) is 0.976. The molecule has 1 N–H and O–H groups in total. The molecule has 0 fully saturated rings. The van der Waals surface area contributed by atoms with Crippen LogP contribution in [0, 0.1) is 0 Å². The summed E-state index contributed by atoms with van der Waals surface area (Å²) in [5, 5.41) is 10.1. The second-order valence-corrected chi connectivity index (χ2v) is 5.61. The SMILES string of the molecule is CC.OCc1nc(-c2ccc(OCc3c(Cl)cccc3Cl)cc2)co1. The number of nitrogens with zero attached hydrogens (tertiary/aromatic N) is 1. The van der Waals surface area contributed by atoms with Gasteiger partial charge in [-0.05, 0) is 36.4 Å². The standard InChI is InChI=1S/C17H13Cl2NO3.C2H6/c18-14-2-1-3-15(19)13(14)9-22-12-6-4-11(5-7-12)16-10-23-17(8-21)20-16;1-2/h1-7,10,21H,8-9H2;1-2H3. The lowest BCUT2D eigenvalue weighted by molar-refractivity contribution is 0.240. The summed E-state index contributed by atoms with van der Waals surface area (Å²) in [6.07, 6.45) is 1.50. The Morgan fingerprint density at radius 3 is 2.24 bits per heavy atom. The Hall–Kier alpha value is -2.01. The van der Waals surface area contributed by atoms with Crippen LogP contribution in [0.4, 0.5) is 0 Å². The van der Waals surface area contributed by atoms with Gasteiger partial charge in [0.1, 0.15) is 30.9 Å². The van der Waals surface area contributed by atoms with Gasteiger partial charge in [0.2, 0.25) is 5.89 Å². The fraction of sp³-hybridized carbons (Fsp3) is 0.211. The van der Waals surface area contributed by atoms with Crippen molar-refractivity contribution < 1.29 is 14.3 Å². The molecule has 0 unspecified atom stereocenters. The maximum atomic E-state index is 8.97. The average Bonchev–Trinajstić information content (AvgIpc) is 3.13. The van der Waals surface area contributed by atoms with E-state index in [0.717, 1.165) is 11.1 Å². The van der Waals surface area contributed by atoms with Crippen LogP contribution in [-0.4, -0.2) is 10.1 Å². The van der Waals surface area contributed by atoms with Crippen LogP contribution in [0.3, 0.4) is 0 Å². The molecule has 0 saturated heterocycles. The number of aliphatic hydroxyl groups is 1. The predicted molar refractivity (Wildman–Crippen MR) is 100 cm³/mol. The van der Waals surface area contributed by atoms with Crippen LogP contribution < -0.4 is 4.74 Å². The minimum absolute atomic E-state index is 0.222. The van der Waals surface area contributed by atoms with E-state index >= 15 is 0 Å². The van der Waals surface area contributed by atoms with Gasteiger partial charge < -0.3 is 14.3 Å². The highest BCUT2D eigenvalue weighted by molar-refractivity contribution is 6.35. The second-order valence-electron chi connectivity index (χ2n) is 4.80. The molecule has 25 heavy (non-hydrogen) atoms. The lowest BCUT2D eigenvalue weighted by Gasteiger charge is -2.09. The third kappa shape index (κ3) is 4.98. The average molecular weight is 380 g/mol. The number of rotatable bonds is 5. The molecular formula is C19H19Cl2NO3. The Morgan fingerprint density at radius 1 is 1.04 bits per heavy atom. The van der Waals surface area contributed by atoms with E-state index in [1.54, 1.807) is 18.2 Å². The van der Waals surface area contributed by atoms with E-state index in [1.807, 2.05) is 38.1 Å². The minimum atomic E-state index is -0.222. The molecule has 0 atom stereocenters. The van der Waals surface area contributed by atoms with Crippen LogP contribution in [0.15, 0.2) is 53.1 Å². The molecule has 3 aromatic rings. The first-order chi connectivity index (χ1) is 12.2. The van der Waals surface area contributed by atoms with Gasteiger partial charge in [0.05, 0.1) is 0 Å². The monoisotopic (exact) mass is 379 g/mol. The number of aliphatic hydroxyl groups excluding tert-OH is 1. The van der Waals surface area contributed by atoms with Crippen molar-refractivity contribution in [2.45, 2.75) is 27.1 Å². The normalized spacial score (nSPS) is 10.1. The highest BCUT2D eigenvalue weighted by Crippen LogP contribution is 2.27. The van der Waals surface area contributed by atoms with E-state index in [1.165, 1.54) is 6.26 Å². The minimum Gasteiger partial charge on any atom is -0.489 e. The molecule has 1 heterocycles. The van der Waals surface area contributed by atoms with Crippen LogP contribution in [0.1, 0.15) is 25.3 Å². The maximum Gasteiger partial charge on any atom is 0.220 e. The molecule has 0 spiro atoms. The number of ether oxygens (including phenoxy) is 1. The molecule has 4 nitrogen and oxygen atoms in total. The Kier molecular flexibility index (Phi) is 7.31. The van der Waals surface area contributed by atoms with Crippen molar-refractivity contribution in [1.82, 2.24) is 4.98 Å². The quantitative estimate of drug-likeness (QED) is 0.613. The zero-order valence-electron chi connectivity index (χ0n) is 14.0. The molecule has 0 saturated carbocycles. The van der Waals surface area contributed by atoms with Gasteiger partial charge in [0.15, 0.2) is 0 Å². The number of hydrogen-bond acceptors (Lipinski definition) is 4. The van der Waals surface area contributed by atoms with Gasteiger partial charge in [0.25, 0.3) is 0 Å². The highest BCUT2D eigenvalue weighted by Gasteiger charge is 2.08. The number of benzene rings is 2. The van der Waals surface area contributed by atoms with Gasteiger partial charge in [0, 0.05) is 21.2 Å². The third-order valence-corrected chi connectivity index (χ3v) is 3.99. The molecule has 0 aliphatic heterocycles. The van der Waals surface area contributed by atoms with Crippen molar-refractivity contribution in [3.8, 4) is 17.0 Å².